The fourth-order valence-corrected chi connectivity index (χ4v) is 2.27. The van der Waals surface area contributed by atoms with Crippen molar-refractivity contribution >= 4 is 11.8 Å². The number of carbonyl (C=O) groups is 2. The molecule has 2 rings (SSSR count). The normalized spacial score (nSPS) is 10.6. The highest BCUT2D eigenvalue weighted by molar-refractivity contribution is 5.94. The zero-order valence-electron chi connectivity index (χ0n) is 13.8. The summed E-state index contributed by atoms with van der Waals surface area (Å²) in [5.74, 6) is -0.399. The summed E-state index contributed by atoms with van der Waals surface area (Å²) in [5, 5.41) is 5.30. The van der Waals surface area contributed by atoms with E-state index in [1.807, 2.05) is 18.2 Å². The van der Waals surface area contributed by atoms with Crippen LogP contribution in [-0.2, 0) is 11.3 Å². The summed E-state index contributed by atoms with van der Waals surface area (Å²) in [4.78, 5) is 25.5. The number of nitrogens with zero attached hydrogens (tertiary/aromatic N) is 1. The van der Waals surface area contributed by atoms with Crippen molar-refractivity contribution in [1.29, 1.82) is 0 Å². The molecule has 0 aliphatic rings. The van der Waals surface area contributed by atoms with Crippen molar-refractivity contribution in [2.24, 2.45) is 0 Å². The molecule has 0 radical (unpaired) electrons. The summed E-state index contributed by atoms with van der Waals surface area (Å²) in [5.41, 5.74) is 1.27. The molecule has 2 aromatic rings. The summed E-state index contributed by atoms with van der Waals surface area (Å²) >= 11 is 0. The molecule has 0 atom stereocenters. The second kappa shape index (κ2) is 9.52. The third-order valence-electron chi connectivity index (χ3n) is 3.49. The molecular weight excluding hydrogens is 306 g/mol. The van der Waals surface area contributed by atoms with E-state index in [4.69, 9.17) is 4.42 Å². The number of amides is 2. The third-order valence-corrected chi connectivity index (χ3v) is 3.49. The molecule has 0 aliphatic carbocycles. The van der Waals surface area contributed by atoms with Gasteiger partial charge in [-0.15, -0.1) is 0 Å². The topological polar surface area (TPSA) is 74.6 Å². The Morgan fingerprint density at radius 3 is 2.58 bits per heavy atom. The maximum absolute atomic E-state index is 11.7. The largest absolute Gasteiger partial charge is 0.459 e. The Labute approximate surface area is 141 Å². The lowest BCUT2D eigenvalue weighted by atomic mass is 10.2. The van der Waals surface area contributed by atoms with Crippen molar-refractivity contribution in [3.8, 4) is 0 Å². The molecule has 24 heavy (non-hydrogen) atoms. The first-order chi connectivity index (χ1) is 11.6. The van der Waals surface area contributed by atoms with E-state index in [9.17, 15) is 9.59 Å². The second-order valence-electron chi connectivity index (χ2n) is 5.59. The van der Waals surface area contributed by atoms with Crippen molar-refractivity contribution in [3.63, 3.8) is 0 Å². The van der Waals surface area contributed by atoms with Crippen molar-refractivity contribution in [2.75, 3.05) is 26.7 Å². The predicted molar refractivity (Wildman–Crippen MR) is 91.4 cm³/mol. The van der Waals surface area contributed by atoms with E-state index in [0.29, 0.717) is 6.54 Å². The van der Waals surface area contributed by atoms with Crippen LogP contribution in [0.2, 0.25) is 0 Å². The zero-order valence-corrected chi connectivity index (χ0v) is 13.8. The Morgan fingerprint density at radius 1 is 1.08 bits per heavy atom. The Morgan fingerprint density at radius 2 is 1.88 bits per heavy atom. The fourth-order valence-electron chi connectivity index (χ4n) is 2.27. The Balaban J connectivity index is 1.55. The minimum absolute atomic E-state index is 0.0562. The Kier molecular flexibility index (Phi) is 7.04. The van der Waals surface area contributed by atoms with Gasteiger partial charge in [-0.25, -0.2) is 0 Å². The quantitative estimate of drug-likeness (QED) is 0.686. The lowest BCUT2D eigenvalue weighted by molar-refractivity contribution is -0.120. The third kappa shape index (κ3) is 6.26. The van der Waals surface area contributed by atoms with Gasteiger partial charge in [-0.2, -0.15) is 0 Å². The highest BCUT2D eigenvalue weighted by atomic mass is 16.3. The van der Waals surface area contributed by atoms with Crippen LogP contribution in [0.25, 0.3) is 0 Å². The minimum Gasteiger partial charge on any atom is -0.459 e. The molecule has 6 nitrogen and oxygen atoms in total. The molecule has 0 bridgehead atoms. The summed E-state index contributed by atoms with van der Waals surface area (Å²) in [6.07, 6.45) is 2.27. The molecule has 1 heterocycles. The van der Waals surface area contributed by atoms with E-state index < -0.39 is 5.91 Å². The van der Waals surface area contributed by atoms with Crippen LogP contribution in [0.3, 0.4) is 0 Å². The Hall–Kier alpha value is -2.60. The number of rotatable bonds is 9. The molecule has 1 aromatic carbocycles. The van der Waals surface area contributed by atoms with Crippen LogP contribution >= 0.6 is 0 Å². The SMILES string of the molecule is CN(CCCNC(=O)CNC(=O)c1ccco1)Cc1ccccc1. The lowest BCUT2D eigenvalue weighted by Gasteiger charge is -2.16. The monoisotopic (exact) mass is 329 g/mol. The molecule has 0 aliphatic heterocycles. The van der Waals surface area contributed by atoms with Gasteiger partial charge in [-0.3, -0.25) is 9.59 Å². The van der Waals surface area contributed by atoms with Gasteiger partial charge in [0.15, 0.2) is 5.76 Å². The first-order valence-corrected chi connectivity index (χ1v) is 7.96. The van der Waals surface area contributed by atoms with Gasteiger partial charge in [0.05, 0.1) is 12.8 Å². The van der Waals surface area contributed by atoms with E-state index in [1.165, 1.54) is 11.8 Å². The number of carbonyl (C=O) groups excluding carboxylic acids is 2. The van der Waals surface area contributed by atoms with Gasteiger partial charge < -0.3 is 20.0 Å². The van der Waals surface area contributed by atoms with Gasteiger partial charge >= 0.3 is 0 Å². The van der Waals surface area contributed by atoms with Crippen LogP contribution in [0.4, 0.5) is 0 Å². The second-order valence-corrected chi connectivity index (χ2v) is 5.59. The molecular formula is C18H23N3O3. The van der Waals surface area contributed by atoms with Crippen LogP contribution in [0.15, 0.2) is 53.1 Å². The standard InChI is InChI=1S/C18H23N3O3/c1-21(14-15-7-3-2-4-8-15)11-6-10-19-17(22)13-20-18(23)16-9-5-12-24-16/h2-5,7-9,12H,6,10-11,13-14H2,1H3,(H,19,22)(H,20,23). The van der Waals surface area contributed by atoms with Crippen molar-refractivity contribution < 1.29 is 14.0 Å². The van der Waals surface area contributed by atoms with E-state index in [0.717, 1.165) is 19.5 Å². The number of hydrogen-bond acceptors (Lipinski definition) is 4. The molecule has 1 aromatic heterocycles. The number of nitrogens with one attached hydrogen (secondary N) is 2. The van der Waals surface area contributed by atoms with E-state index in [1.54, 1.807) is 12.1 Å². The average molecular weight is 329 g/mol. The first-order valence-electron chi connectivity index (χ1n) is 7.96. The van der Waals surface area contributed by atoms with Crippen LogP contribution in [-0.4, -0.2) is 43.4 Å². The number of benzene rings is 1. The molecule has 128 valence electrons. The van der Waals surface area contributed by atoms with Gasteiger partial charge in [0, 0.05) is 13.1 Å². The first kappa shape index (κ1) is 17.7. The van der Waals surface area contributed by atoms with Gasteiger partial charge in [-0.1, -0.05) is 30.3 Å². The van der Waals surface area contributed by atoms with Gasteiger partial charge in [0.25, 0.3) is 5.91 Å². The van der Waals surface area contributed by atoms with Crippen LogP contribution in [0, 0.1) is 0 Å². The maximum atomic E-state index is 11.7. The zero-order chi connectivity index (χ0) is 17.2. The van der Waals surface area contributed by atoms with Gasteiger partial charge in [0.2, 0.25) is 5.91 Å². The number of furan rings is 1. The molecule has 0 unspecified atom stereocenters. The highest BCUT2D eigenvalue weighted by Crippen LogP contribution is 2.02. The molecule has 6 heteroatoms. The maximum Gasteiger partial charge on any atom is 0.287 e. The highest BCUT2D eigenvalue weighted by Gasteiger charge is 2.09. The van der Waals surface area contributed by atoms with Crippen molar-refractivity contribution in [3.05, 3.63) is 60.1 Å². The average Bonchev–Trinajstić information content (AvgIpc) is 3.12. The van der Waals surface area contributed by atoms with Gasteiger partial charge in [-0.05, 0) is 37.7 Å². The van der Waals surface area contributed by atoms with E-state index in [-0.39, 0.29) is 18.2 Å². The molecule has 0 saturated heterocycles. The molecule has 0 spiro atoms. The summed E-state index contributed by atoms with van der Waals surface area (Å²) in [6.45, 7) is 2.29. The summed E-state index contributed by atoms with van der Waals surface area (Å²) < 4.78 is 4.95. The minimum atomic E-state index is -0.391. The van der Waals surface area contributed by atoms with E-state index in [2.05, 4.69) is 34.7 Å². The molecule has 0 saturated carbocycles. The smallest absolute Gasteiger partial charge is 0.287 e. The summed E-state index contributed by atoms with van der Waals surface area (Å²) in [6, 6.07) is 13.4. The molecule has 2 amide bonds. The molecule has 0 fully saturated rings. The summed E-state index contributed by atoms with van der Waals surface area (Å²) in [7, 11) is 2.05. The molecule has 2 N–H and O–H groups in total. The van der Waals surface area contributed by atoms with Crippen molar-refractivity contribution in [1.82, 2.24) is 15.5 Å². The van der Waals surface area contributed by atoms with Crippen LogP contribution in [0.1, 0.15) is 22.5 Å². The lowest BCUT2D eigenvalue weighted by Crippen LogP contribution is -2.37. The van der Waals surface area contributed by atoms with Gasteiger partial charge in [0.1, 0.15) is 0 Å². The predicted octanol–water partition coefficient (Wildman–Crippen LogP) is 1.65. The van der Waals surface area contributed by atoms with Crippen LogP contribution in [0.5, 0.6) is 0 Å². The van der Waals surface area contributed by atoms with Crippen LogP contribution < -0.4 is 10.6 Å². The Bertz CT molecular complexity index is 626. The van der Waals surface area contributed by atoms with E-state index >= 15 is 0 Å². The van der Waals surface area contributed by atoms with Crippen molar-refractivity contribution in [2.45, 2.75) is 13.0 Å². The number of hydrogen-bond donors (Lipinski definition) is 2. The fraction of sp³-hybridized carbons (Fsp3) is 0.333.